The first kappa shape index (κ1) is 12.0. The third kappa shape index (κ3) is 4.97. The van der Waals surface area contributed by atoms with Gasteiger partial charge in [0.1, 0.15) is 0 Å². The highest BCUT2D eigenvalue weighted by molar-refractivity contribution is 4.70. The van der Waals surface area contributed by atoms with Crippen molar-refractivity contribution in [2.45, 2.75) is 39.0 Å². The van der Waals surface area contributed by atoms with Gasteiger partial charge < -0.3 is 10.1 Å². The molecule has 0 aliphatic heterocycles. The third-order valence-electron chi connectivity index (χ3n) is 3.35. The van der Waals surface area contributed by atoms with E-state index in [9.17, 15) is 0 Å². The second-order valence-electron chi connectivity index (χ2n) is 4.66. The average molecular weight is 199 g/mol. The molecule has 84 valence electrons. The van der Waals surface area contributed by atoms with Gasteiger partial charge in [-0.2, -0.15) is 0 Å². The van der Waals surface area contributed by atoms with Gasteiger partial charge in [-0.05, 0) is 24.8 Å². The summed E-state index contributed by atoms with van der Waals surface area (Å²) in [6.07, 6.45) is 7.15. The number of nitrogens with one attached hydrogen (secondary N) is 1. The van der Waals surface area contributed by atoms with Gasteiger partial charge in [-0.1, -0.05) is 32.6 Å². The minimum absolute atomic E-state index is 0.835. The molecular formula is C12H25NO. The highest BCUT2D eigenvalue weighted by atomic mass is 16.5. The lowest BCUT2D eigenvalue weighted by atomic mass is 9.81. The normalized spacial score (nSPS) is 27.9. The van der Waals surface area contributed by atoms with Gasteiger partial charge >= 0.3 is 0 Å². The van der Waals surface area contributed by atoms with E-state index >= 15 is 0 Å². The minimum atomic E-state index is 0.835. The quantitative estimate of drug-likeness (QED) is 0.663. The topological polar surface area (TPSA) is 21.3 Å². The summed E-state index contributed by atoms with van der Waals surface area (Å²) in [5.41, 5.74) is 0. The summed E-state index contributed by atoms with van der Waals surface area (Å²) in [5, 5.41) is 3.42. The lowest BCUT2D eigenvalue weighted by Crippen LogP contribution is -2.23. The highest BCUT2D eigenvalue weighted by Crippen LogP contribution is 2.29. The minimum Gasteiger partial charge on any atom is -0.383 e. The van der Waals surface area contributed by atoms with E-state index in [1.54, 1.807) is 7.11 Å². The van der Waals surface area contributed by atoms with E-state index in [1.807, 2.05) is 0 Å². The Hall–Kier alpha value is -0.0800. The van der Waals surface area contributed by atoms with Gasteiger partial charge in [0.25, 0.3) is 0 Å². The first-order valence-electron chi connectivity index (χ1n) is 6.02. The predicted molar refractivity (Wildman–Crippen MR) is 60.5 cm³/mol. The SMILES string of the molecule is COCCNCCC1CCC(C)CC1. The summed E-state index contributed by atoms with van der Waals surface area (Å²) >= 11 is 0. The van der Waals surface area contributed by atoms with Gasteiger partial charge in [0.15, 0.2) is 0 Å². The monoisotopic (exact) mass is 199 g/mol. The Bertz CT molecular complexity index is 130. The maximum Gasteiger partial charge on any atom is 0.0587 e. The van der Waals surface area contributed by atoms with Gasteiger partial charge in [0.2, 0.25) is 0 Å². The van der Waals surface area contributed by atoms with Crippen LogP contribution in [0.2, 0.25) is 0 Å². The second kappa shape index (κ2) is 7.24. The zero-order chi connectivity index (χ0) is 10.2. The molecule has 0 atom stereocenters. The Balaban J connectivity index is 1.91. The lowest BCUT2D eigenvalue weighted by molar-refractivity contribution is 0.197. The number of methoxy groups -OCH3 is 1. The van der Waals surface area contributed by atoms with Crippen LogP contribution in [0, 0.1) is 11.8 Å². The van der Waals surface area contributed by atoms with Gasteiger partial charge in [0, 0.05) is 13.7 Å². The molecule has 1 aliphatic rings. The van der Waals surface area contributed by atoms with Crippen LogP contribution in [0.4, 0.5) is 0 Å². The third-order valence-corrected chi connectivity index (χ3v) is 3.35. The zero-order valence-corrected chi connectivity index (χ0v) is 9.72. The van der Waals surface area contributed by atoms with E-state index in [0.717, 1.165) is 25.0 Å². The van der Waals surface area contributed by atoms with E-state index in [4.69, 9.17) is 4.74 Å². The van der Waals surface area contributed by atoms with E-state index in [0.29, 0.717) is 0 Å². The molecule has 1 rings (SSSR count). The molecule has 0 radical (unpaired) electrons. The number of ether oxygens (including phenoxy) is 1. The predicted octanol–water partition coefficient (Wildman–Crippen LogP) is 2.44. The summed E-state index contributed by atoms with van der Waals surface area (Å²) in [6, 6.07) is 0. The fraction of sp³-hybridized carbons (Fsp3) is 1.00. The van der Waals surface area contributed by atoms with Crippen molar-refractivity contribution in [2.24, 2.45) is 11.8 Å². The molecular weight excluding hydrogens is 174 g/mol. The van der Waals surface area contributed by atoms with Crippen LogP contribution >= 0.6 is 0 Å². The second-order valence-corrected chi connectivity index (χ2v) is 4.66. The molecule has 0 aromatic carbocycles. The van der Waals surface area contributed by atoms with Crippen LogP contribution < -0.4 is 5.32 Å². The Morgan fingerprint density at radius 1 is 1.14 bits per heavy atom. The summed E-state index contributed by atoms with van der Waals surface area (Å²) in [4.78, 5) is 0. The molecule has 0 heterocycles. The van der Waals surface area contributed by atoms with E-state index < -0.39 is 0 Å². The highest BCUT2D eigenvalue weighted by Gasteiger charge is 2.17. The van der Waals surface area contributed by atoms with E-state index in [2.05, 4.69) is 12.2 Å². The van der Waals surface area contributed by atoms with Crippen LogP contribution in [0.1, 0.15) is 39.0 Å². The smallest absolute Gasteiger partial charge is 0.0587 e. The molecule has 0 unspecified atom stereocenters. The van der Waals surface area contributed by atoms with Crippen molar-refractivity contribution in [1.82, 2.24) is 5.32 Å². The molecule has 0 aromatic rings. The summed E-state index contributed by atoms with van der Waals surface area (Å²) in [7, 11) is 1.75. The summed E-state index contributed by atoms with van der Waals surface area (Å²) in [5.74, 6) is 1.97. The Morgan fingerprint density at radius 2 is 1.86 bits per heavy atom. The molecule has 0 saturated heterocycles. The van der Waals surface area contributed by atoms with Gasteiger partial charge in [-0.15, -0.1) is 0 Å². The Kier molecular flexibility index (Phi) is 6.20. The van der Waals surface area contributed by atoms with E-state index in [1.165, 1.54) is 38.6 Å². The van der Waals surface area contributed by atoms with Crippen molar-refractivity contribution in [2.75, 3.05) is 26.8 Å². The summed E-state index contributed by atoms with van der Waals surface area (Å²) in [6.45, 7) is 5.39. The van der Waals surface area contributed by atoms with Crippen molar-refractivity contribution < 1.29 is 4.74 Å². The zero-order valence-electron chi connectivity index (χ0n) is 9.72. The van der Waals surface area contributed by atoms with Gasteiger partial charge in [-0.3, -0.25) is 0 Å². The molecule has 0 bridgehead atoms. The van der Waals surface area contributed by atoms with Gasteiger partial charge in [0.05, 0.1) is 6.61 Å². The first-order valence-corrected chi connectivity index (χ1v) is 6.02. The Morgan fingerprint density at radius 3 is 2.50 bits per heavy atom. The van der Waals surface area contributed by atoms with Crippen molar-refractivity contribution >= 4 is 0 Å². The lowest BCUT2D eigenvalue weighted by Gasteiger charge is -2.26. The van der Waals surface area contributed by atoms with E-state index in [-0.39, 0.29) is 0 Å². The molecule has 1 saturated carbocycles. The van der Waals surface area contributed by atoms with Crippen LogP contribution in [0.3, 0.4) is 0 Å². The van der Waals surface area contributed by atoms with Crippen LogP contribution in [-0.4, -0.2) is 26.8 Å². The molecule has 0 amide bonds. The van der Waals surface area contributed by atoms with Crippen LogP contribution in [0.15, 0.2) is 0 Å². The van der Waals surface area contributed by atoms with Gasteiger partial charge in [-0.25, -0.2) is 0 Å². The largest absolute Gasteiger partial charge is 0.383 e. The van der Waals surface area contributed by atoms with Crippen LogP contribution in [0.25, 0.3) is 0 Å². The average Bonchev–Trinajstić information content (AvgIpc) is 2.21. The van der Waals surface area contributed by atoms with Crippen molar-refractivity contribution in [3.8, 4) is 0 Å². The molecule has 14 heavy (non-hydrogen) atoms. The first-order chi connectivity index (χ1) is 6.83. The maximum atomic E-state index is 4.99. The fourth-order valence-corrected chi connectivity index (χ4v) is 2.22. The fourth-order valence-electron chi connectivity index (χ4n) is 2.22. The molecule has 2 heteroatoms. The number of rotatable bonds is 6. The number of hydrogen-bond donors (Lipinski definition) is 1. The van der Waals surface area contributed by atoms with Crippen molar-refractivity contribution in [1.29, 1.82) is 0 Å². The molecule has 1 N–H and O–H groups in total. The summed E-state index contributed by atoms with van der Waals surface area (Å²) < 4.78 is 4.99. The van der Waals surface area contributed by atoms with Crippen LogP contribution in [0.5, 0.6) is 0 Å². The number of hydrogen-bond acceptors (Lipinski definition) is 2. The standard InChI is InChI=1S/C12H25NO/c1-11-3-5-12(6-4-11)7-8-13-9-10-14-2/h11-13H,3-10H2,1-2H3. The molecule has 1 aliphatic carbocycles. The van der Waals surface area contributed by atoms with Crippen LogP contribution in [-0.2, 0) is 4.74 Å². The maximum absolute atomic E-state index is 4.99. The Labute approximate surface area is 88.4 Å². The van der Waals surface area contributed by atoms with Crippen molar-refractivity contribution in [3.63, 3.8) is 0 Å². The molecule has 2 nitrogen and oxygen atoms in total. The van der Waals surface area contributed by atoms with Crippen molar-refractivity contribution in [3.05, 3.63) is 0 Å². The molecule has 1 fully saturated rings. The molecule has 0 aromatic heterocycles. The molecule has 0 spiro atoms.